The minimum Gasteiger partial charge on any atom is -0.397 e. The summed E-state index contributed by atoms with van der Waals surface area (Å²) in [6.07, 6.45) is 4.47. The van der Waals surface area contributed by atoms with Gasteiger partial charge in [-0.05, 0) is 17.9 Å². The number of amides is 1. The van der Waals surface area contributed by atoms with E-state index in [4.69, 9.17) is 5.73 Å². The molecule has 1 amide bonds. The molecule has 2 aromatic heterocycles. The molecule has 0 aromatic carbocycles. The molecule has 2 heterocycles. The maximum atomic E-state index is 12.2. The number of carbonyl (C=O) groups excluding carboxylic acids is 1. The van der Waals surface area contributed by atoms with Gasteiger partial charge >= 0.3 is 0 Å². The quantitative estimate of drug-likeness (QED) is 0.872. The third kappa shape index (κ3) is 1.75. The lowest BCUT2D eigenvalue weighted by atomic mass is 10.2. The topological polar surface area (TPSA) is 68.0 Å². The maximum absolute atomic E-state index is 12.2. The Bertz CT molecular complexity index is 632. The van der Waals surface area contributed by atoms with Crippen molar-refractivity contribution < 1.29 is 4.79 Å². The SMILES string of the molecule is CC1(C)CC1NC(=O)c1sc2cnccc2c1N. The van der Waals surface area contributed by atoms with Crippen LogP contribution < -0.4 is 11.1 Å². The second-order valence-electron chi connectivity index (χ2n) is 5.44. The third-order valence-electron chi connectivity index (χ3n) is 3.56. The molecule has 94 valence electrons. The molecular weight excluding hydrogens is 246 g/mol. The molecule has 1 unspecified atom stereocenters. The van der Waals surface area contributed by atoms with Crippen LogP contribution >= 0.6 is 11.3 Å². The number of hydrogen-bond donors (Lipinski definition) is 2. The van der Waals surface area contributed by atoms with E-state index < -0.39 is 0 Å². The molecule has 1 fully saturated rings. The maximum Gasteiger partial charge on any atom is 0.263 e. The highest BCUT2D eigenvalue weighted by Crippen LogP contribution is 2.45. The first-order valence-electron chi connectivity index (χ1n) is 5.92. The number of anilines is 1. The number of fused-ring (bicyclic) bond motifs is 1. The van der Waals surface area contributed by atoms with E-state index in [-0.39, 0.29) is 17.4 Å². The molecule has 5 heteroatoms. The third-order valence-corrected chi connectivity index (χ3v) is 4.71. The summed E-state index contributed by atoms with van der Waals surface area (Å²) in [6.45, 7) is 4.30. The molecule has 0 saturated heterocycles. The van der Waals surface area contributed by atoms with Crippen molar-refractivity contribution in [2.24, 2.45) is 5.41 Å². The van der Waals surface area contributed by atoms with Crippen LogP contribution in [0.15, 0.2) is 18.5 Å². The second-order valence-corrected chi connectivity index (χ2v) is 6.49. The first-order chi connectivity index (χ1) is 8.49. The summed E-state index contributed by atoms with van der Waals surface area (Å²) < 4.78 is 0.954. The summed E-state index contributed by atoms with van der Waals surface area (Å²) in [5.74, 6) is -0.0655. The van der Waals surface area contributed by atoms with Crippen LogP contribution in [-0.4, -0.2) is 16.9 Å². The summed E-state index contributed by atoms with van der Waals surface area (Å²) in [6, 6.07) is 2.12. The zero-order chi connectivity index (χ0) is 12.9. The normalized spacial score (nSPS) is 20.9. The van der Waals surface area contributed by atoms with Gasteiger partial charge in [-0.15, -0.1) is 11.3 Å². The number of pyridine rings is 1. The van der Waals surface area contributed by atoms with E-state index in [1.54, 1.807) is 12.4 Å². The zero-order valence-corrected chi connectivity index (χ0v) is 11.2. The fourth-order valence-corrected chi connectivity index (χ4v) is 3.07. The molecule has 0 bridgehead atoms. The monoisotopic (exact) mass is 261 g/mol. The van der Waals surface area contributed by atoms with Gasteiger partial charge in [0.05, 0.1) is 10.4 Å². The Morgan fingerprint density at radius 2 is 2.33 bits per heavy atom. The predicted octanol–water partition coefficient (Wildman–Crippen LogP) is 2.41. The van der Waals surface area contributed by atoms with Crippen LogP contribution in [0.2, 0.25) is 0 Å². The van der Waals surface area contributed by atoms with E-state index in [1.807, 2.05) is 6.07 Å². The average Bonchev–Trinajstić information content (AvgIpc) is 2.78. The largest absolute Gasteiger partial charge is 0.397 e. The molecule has 1 aliphatic carbocycles. The Morgan fingerprint density at radius 3 is 2.94 bits per heavy atom. The number of nitrogens with two attached hydrogens (primary N) is 1. The molecule has 4 nitrogen and oxygen atoms in total. The van der Waals surface area contributed by atoms with Crippen molar-refractivity contribution in [3.8, 4) is 0 Å². The number of aromatic nitrogens is 1. The zero-order valence-electron chi connectivity index (χ0n) is 10.4. The van der Waals surface area contributed by atoms with Crippen LogP contribution in [0.4, 0.5) is 5.69 Å². The molecule has 18 heavy (non-hydrogen) atoms. The Kier molecular flexibility index (Phi) is 2.35. The van der Waals surface area contributed by atoms with Crippen molar-refractivity contribution in [1.82, 2.24) is 10.3 Å². The van der Waals surface area contributed by atoms with Crippen LogP contribution in [0.3, 0.4) is 0 Å². The van der Waals surface area contributed by atoms with Crippen LogP contribution in [-0.2, 0) is 0 Å². The fraction of sp³-hybridized carbons (Fsp3) is 0.385. The van der Waals surface area contributed by atoms with Crippen molar-refractivity contribution in [2.75, 3.05) is 5.73 Å². The standard InChI is InChI=1S/C13H15N3OS/c1-13(2)5-9(13)16-12(17)11-10(14)7-3-4-15-6-8(7)18-11/h3-4,6,9H,5,14H2,1-2H3,(H,16,17). The Hall–Kier alpha value is -1.62. The number of nitrogens with zero attached hydrogens (tertiary/aromatic N) is 1. The Balaban J connectivity index is 1.90. The van der Waals surface area contributed by atoms with Gasteiger partial charge in [-0.3, -0.25) is 9.78 Å². The van der Waals surface area contributed by atoms with E-state index in [0.29, 0.717) is 10.6 Å². The summed E-state index contributed by atoms with van der Waals surface area (Å²) in [5, 5.41) is 3.95. The van der Waals surface area contributed by atoms with Gasteiger partial charge < -0.3 is 11.1 Å². The van der Waals surface area contributed by atoms with Crippen molar-refractivity contribution in [1.29, 1.82) is 0 Å². The lowest BCUT2D eigenvalue weighted by Gasteiger charge is -2.05. The highest BCUT2D eigenvalue weighted by atomic mass is 32.1. The van der Waals surface area contributed by atoms with E-state index in [2.05, 4.69) is 24.1 Å². The number of thiophene rings is 1. The van der Waals surface area contributed by atoms with Crippen LogP contribution in [0, 0.1) is 5.41 Å². The lowest BCUT2D eigenvalue weighted by molar-refractivity contribution is 0.0951. The molecular formula is C13H15N3OS. The number of rotatable bonds is 2. The van der Waals surface area contributed by atoms with Gasteiger partial charge in [-0.25, -0.2) is 0 Å². The molecule has 0 radical (unpaired) electrons. The predicted molar refractivity (Wildman–Crippen MR) is 73.7 cm³/mol. The van der Waals surface area contributed by atoms with Gasteiger partial charge in [-0.2, -0.15) is 0 Å². The highest BCUT2D eigenvalue weighted by molar-refractivity contribution is 7.21. The highest BCUT2D eigenvalue weighted by Gasteiger charge is 2.46. The molecule has 1 saturated carbocycles. The van der Waals surface area contributed by atoms with Crippen molar-refractivity contribution >= 4 is 33.0 Å². The first kappa shape index (κ1) is 11.5. The Labute approximate surface area is 109 Å². The molecule has 1 aliphatic rings. The van der Waals surface area contributed by atoms with E-state index in [9.17, 15) is 4.79 Å². The molecule has 1 atom stereocenters. The lowest BCUT2D eigenvalue weighted by Crippen LogP contribution is -2.28. The smallest absolute Gasteiger partial charge is 0.263 e. The molecule has 3 N–H and O–H groups in total. The fourth-order valence-electron chi connectivity index (χ4n) is 2.08. The molecule has 3 rings (SSSR count). The van der Waals surface area contributed by atoms with Gasteiger partial charge in [-0.1, -0.05) is 13.8 Å². The van der Waals surface area contributed by atoms with Crippen LogP contribution in [0.1, 0.15) is 29.9 Å². The molecule has 2 aromatic rings. The number of nitrogen functional groups attached to an aromatic ring is 1. The van der Waals surface area contributed by atoms with Crippen molar-refractivity contribution in [3.05, 3.63) is 23.3 Å². The van der Waals surface area contributed by atoms with Crippen molar-refractivity contribution in [3.63, 3.8) is 0 Å². The van der Waals surface area contributed by atoms with E-state index in [0.717, 1.165) is 16.5 Å². The Morgan fingerprint density at radius 1 is 1.61 bits per heavy atom. The van der Waals surface area contributed by atoms with Gasteiger partial charge in [0, 0.05) is 23.8 Å². The number of hydrogen-bond acceptors (Lipinski definition) is 4. The number of carbonyl (C=O) groups is 1. The van der Waals surface area contributed by atoms with Crippen molar-refractivity contribution in [2.45, 2.75) is 26.3 Å². The minimum atomic E-state index is -0.0655. The van der Waals surface area contributed by atoms with Gasteiger partial charge in [0.25, 0.3) is 5.91 Å². The van der Waals surface area contributed by atoms with Crippen LogP contribution in [0.5, 0.6) is 0 Å². The van der Waals surface area contributed by atoms with Gasteiger partial charge in [0.1, 0.15) is 4.88 Å². The van der Waals surface area contributed by atoms with E-state index in [1.165, 1.54) is 11.3 Å². The van der Waals surface area contributed by atoms with Gasteiger partial charge in [0.2, 0.25) is 0 Å². The minimum absolute atomic E-state index is 0.0655. The van der Waals surface area contributed by atoms with Crippen LogP contribution in [0.25, 0.3) is 10.1 Å². The molecule has 0 spiro atoms. The second kappa shape index (κ2) is 3.68. The molecule has 0 aliphatic heterocycles. The van der Waals surface area contributed by atoms with E-state index >= 15 is 0 Å². The summed E-state index contributed by atoms with van der Waals surface area (Å²) in [4.78, 5) is 16.8. The number of nitrogens with one attached hydrogen (secondary N) is 1. The first-order valence-corrected chi connectivity index (χ1v) is 6.73. The average molecular weight is 261 g/mol. The summed E-state index contributed by atoms with van der Waals surface area (Å²) >= 11 is 1.40. The summed E-state index contributed by atoms with van der Waals surface area (Å²) in [5.41, 5.74) is 6.81. The van der Waals surface area contributed by atoms with Gasteiger partial charge in [0.15, 0.2) is 0 Å². The summed E-state index contributed by atoms with van der Waals surface area (Å²) in [7, 11) is 0.